The lowest BCUT2D eigenvalue weighted by molar-refractivity contribution is 0.0542. The fraction of sp³-hybridized carbons (Fsp3) is 0.394. The quantitative estimate of drug-likeness (QED) is 0.245. The average Bonchev–Trinajstić information content (AvgIpc) is 3.44. The fourth-order valence-electron chi connectivity index (χ4n) is 5.93. The van der Waals surface area contributed by atoms with Crippen LogP contribution in [0.5, 0.6) is 5.75 Å². The van der Waals surface area contributed by atoms with Gasteiger partial charge in [-0.1, -0.05) is 12.1 Å². The van der Waals surface area contributed by atoms with Crippen molar-refractivity contribution in [3.63, 3.8) is 0 Å². The Morgan fingerprint density at radius 1 is 1.02 bits per heavy atom. The van der Waals surface area contributed by atoms with Crippen molar-refractivity contribution in [3.8, 4) is 5.75 Å². The van der Waals surface area contributed by atoms with Crippen LogP contribution in [0.4, 0.5) is 4.79 Å². The second-order valence-corrected chi connectivity index (χ2v) is 11.8. The van der Waals surface area contributed by atoms with Crippen LogP contribution < -0.4 is 4.74 Å². The highest BCUT2D eigenvalue weighted by Crippen LogP contribution is 2.42. The number of hydrogen-bond acceptors (Lipinski definition) is 8. The Morgan fingerprint density at radius 3 is 2.43 bits per heavy atom. The minimum Gasteiger partial charge on any atom is -0.496 e. The number of methoxy groups -OCH3 is 2. The molecule has 2 atom stereocenters. The number of benzene rings is 2. The number of esters is 1. The number of carbonyl (C=O) groups is 2. The summed E-state index contributed by atoms with van der Waals surface area (Å²) in [5.41, 5.74) is 4.96. The number of fused-ring (bicyclic) bond motifs is 1. The number of likely N-dealkylation sites (tertiary alicyclic amines) is 1. The summed E-state index contributed by atoms with van der Waals surface area (Å²) in [6, 6.07) is 13.7. The molecule has 1 unspecified atom stereocenters. The summed E-state index contributed by atoms with van der Waals surface area (Å²) in [5.74, 6) is 0.737. The van der Waals surface area contributed by atoms with Gasteiger partial charge in [0.2, 0.25) is 0 Å². The van der Waals surface area contributed by atoms with Crippen LogP contribution in [-0.4, -0.2) is 58.1 Å². The molecule has 0 N–H and O–H groups in total. The minimum absolute atomic E-state index is 0.0672. The van der Waals surface area contributed by atoms with Gasteiger partial charge in [-0.15, -0.1) is 0 Å². The molecule has 220 valence electrons. The SMILES string of the molecule is COC(=O)c1ccc([C@@H]2CC(c3ccnnc3)CCN2Cc2c(OC)cc(C)c3c2ccn3C(=O)OC(C)(C)C)cc1. The topological polar surface area (TPSA) is 95.8 Å². The molecule has 1 aliphatic heterocycles. The normalized spacial score (nSPS) is 17.7. The Kier molecular flexibility index (Phi) is 8.31. The van der Waals surface area contributed by atoms with Crippen molar-refractivity contribution in [2.75, 3.05) is 20.8 Å². The van der Waals surface area contributed by atoms with Gasteiger partial charge in [-0.2, -0.15) is 10.2 Å². The first kappa shape index (κ1) is 29.3. The number of aryl methyl sites for hydroxylation is 1. The molecule has 5 rings (SSSR count). The van der Waals surface area contributed by atoms with E-state index < -0.39 is 11.7 Å². The van der Waals surface area contributed by atoms with Gasteiger partial charge < -0.3 is 14.2 Å². The third-order valence-electron chi connectivity index (χ3n) is 7.91. The number of carbonyl (C=O) groups excluding carboxylic acids is 2. The van der Waals surface area contributed by atoms with Crippen LogP contribution in [0, 0.1) is 6.92 Å². The van der Waals surface area contributed by atoms with E-state index in [9.17, 15) is 9.59 Å². The Hall–Kier alpha value is -4.24. The number of rotatable bonds is 6. The van der Waals surface area contributed by atoms with E-state index in [-0.39, 0.29) is 12.0 Å². The first-order valence-electron chi connectivity index (χ1n) is 14.2. The van der Waals surface area contributed by atoms with Gasteiger partial charge in [-0.05, 0) is 100 Å². The molecule has 0 bridgehead atoms. The maximum absolute atomic E-state index is 13.1. The maximum atomic E-state index is 13.1. The highest BCUT2D eigenvalue weighted by Gasteiger charge is 2.32. The smallest absolute Gasteiger partial charge is 0.419 e. The van der Waals surface area contributed by atoms with E-state index in [4.69, 9.17) is 14.2 Å². The summed E-state index contributed by atoms with van der Waals surface area (Å²) in [7, 11) is 3.07. The lowest BCUT2D eigenvalue weighted by Crippen LogP contribution is -2.36. The molecule has 0 spiro atoms. The van der Waals surface area contributed by atoms with Gasteiger partial charge >= 0.3 is 12.1 Å². The lowest BCUT2D eigenvalue weighted by Gasteiger charge is -2.40. The zero-order valence-electron chi connectivity index (χ0n) is 25.1. The molecule has 0 aliphatic carbocycles. The molecular formula is C33H38N4O5. The molecule has 0 saturated carbocycles. The van der Waals surface area contributed by atoms with E-state index in [0.717, 1.165) is 52.7 Å². The zero-order chi connectivity index (χ0) is 30.0. The molecular weight excluding hydrogens is 532 g/mol. The van der Waals surface area contributed by atoms with Crippen molar-refractivity contribution in [2.45, 2.75) is 64.6 Å². The standard InChI is InChI=1S/C33H38N4O5/c1-21-17-29(40-5)27(26-13-16-37(30(21)26)32(39)42-33(2,3)4)20-36-15-12-24(25-11-14-34-35-19-25)18-28(36)22-7-9-23(10-8-22)31(38)41-6/h7-11,13-14,16-17,19,24,28H,12,15,18,20H2,1-6H3/t24?,28-/m0/s1. The molecule has 9 nitrogen and oxygen atoms in total. The molecule has 1 aliphatic rings. The third-order valence-corrected chi connectivity index (χ3v) is 7.91. The monoisotopic (exact) mass is 570 g/mol. The summed E-state index contributed by atoms with van der Waals surface area (Å²) < 4.78 is 18.1. The van der Waals surface area contributed by atoms with E-state index in [1.54, 1.807) is 24.1 Å². The largest absolute Gasteiger partial charge is 0.496 e. The van der Waals surface area contributed by atoms with E-state index in [0.29, 0.717) is 18.0 Å². The average molecular weight is 571 g/mol. The lowest BCUT2D eigenvalue weighted by atomic mass is 9.83. The van der Waals surface area contributed by atoms with Crippen LogP contribution in [0.1, 0.15) is 78.2 Å². The zero-order valence-corrected chi connectivity index (χ0v) is 25.1. The molecule has 2 aromatic heterocycles. The predicted octanol–water partition coefficient (Wildman–Crippen LogP) is 6.44. The van der Waals surface area contributed by atoms with Crippen LogP contribution >= 0.6 is 0 Å². The van der Waals surface area contributed by atoms with Crippen molar-refractivity contribution in [1.82, 2.24) is 19.7 Å². The van der Waals surface area contributed by atoms with Crippen molar-refractivity contribution < 1.29 is 23.8 Å². The highest BCUT2D eigenvalue weighted by atomic mass is 16.6. The second kappa shape index (κ2) is 11.9. The van der Waals surface area contributed by atoms with Crippen molar-refractivity contribution in [1.29, 1.82) is 0 Å². The van der Waals surface area contributed by atoms with Gasteiger partial charge in [-0.25, -0.2) is 9.59 Å². The highest BCUT2D eigenvalue weighted by molar-refractivity contribution is 5.95. The Morgan fingerprint density at radius 2 is 1.79 bits per heavy atom. The van der Waals surface area contributed by atoms with Gasteiger partial charge in [-0.3, -0.25) is 9.47 Å². The summed E-state index contributed by atoms with van der Waals surface area (Å²) in [5, 5.41) is 9.03. The van der Waals surface area contributed by atoms with Gasteiger partial charge in [0.25, 0.3) is 0 Å². The molecule has 9 heteroatoms. The van der Waals surface area contributed by atoms with Crippen molar-refractivity contribution in [2.24, 2.45) is 0 Å². The Balaban J connectivity index is 1.53. The summed E-state index contributed by atoms with van der Waals surface area (Å²) >= 11 is 0. The van der Waals surface area contributed by atoms with Crippen LogP contribution in [0.3, 0.4) is 0 Å². The first-order valence-corrected chi connectivity index (χ1v) is 14.2. The van der Waals surface area contributed by atoms with Crippen LogP contribution in [0.25, 0.3) is 10.9 Å². The van der Waals surface area contributed by atoms with Crippen LogP contribution in [-0.2, 0) is 16.0 Å². The summed E-state index contributed by atoms with van der Waals surface area (Å²) in [6.07, 6.45) is 6.79. The molecule has 4 aromatic rings. The summed E-state index contributed by atoms with van der Waals surface area (Å²) in [6.45, 7) is 9.02. The van der Waals surface area contributed by atoms with Crippen LogP contribution in [0.2, 0.25) is 0 Å². The van der Waals surface area contributed by atoms with E-state index >= 15 is 0 Å². The van der Waals surface area contributed by atoms with Crippen LogP contribution in [0.15, 0.2) is 61.1 Å². The molecule has 42 heavy (non-hydrogen) atoms. The predicted molar refractivity (Wildman–Crippen MR) is 160 cm³/mol. The maximum Gasteiger partial charge on any atom is 0.419 e. The molecule has 3 heterocycles. The molecule has 0 amide bonds. The fourth-order valence-corrected chi connectivity index (χ4v) is 5.93. The second-order valence-electron chi connectivity index (χ2n) is 11.8. The molecule has 1 fully saturated rings. The van der Waals surface area contributed by atoms with Crippen molar-refractivity contribution in [3.05, 3.63) is 88.9 Å². The van der Waals surface area contributed by atoms with E-state index in [2.05, 4.69) is 15.1 Å². The minimum atomic E-state index is -0.609. The van der Waals surface area contributed by atoms with Gasteiger partial charge in [0.1, 0.15) is 11.4 Å². The number of nitrogens with zero attached hydrogens (tertiary/aromatic N) is 4. The van der Waals surface area contributed by atoms with E-state index in [1.165, 1.54) is 12.7 Å². The van der Waals surface area contributed by atoms with E-state index in [1.807, 2.05) is 76.4 Å². The van der Waals surface area contributed by atoms with Crippen molar-refractivity contribution >= 4 is 23.0 Å². The Bertz CT molecular complexity index is 1570. The number of hydrogen-bond donors (Lipinski definition) is 0. The Labute approximate surface area is 246 Å². The number of ether oxygens (including phenoxy) is 3. The summed E-state index contributed by atoms with van der Waals surface area (Å²) in [4.78, 5) is 27.7. The third kappa shape index (κ3) is 6.01. The first-order chi connectivity index (χ1) is 20.1. The van der Waals surface area contributed by atoms with Gasteiger partial charge in [0.05, 0.1) is 31.5 Å². The number of aromatic nitrogens is 3. The number of piperidine rings is 1. The van der Waals surface area contributed by atoms with Gasteiger partial charge in [0.15, 0.2) is 0 Å². The van der Waals surface area contributed by atoms with Gasteiger partial charge in [0, 0.05) is 35.9 Å². The molecule has 0 radical (unpaired) electrons. The molecule has 1 saturated heterocycles. The molecule has 2 aromatic carbocycles.